The van der Waals surface area contributed by atoms with Crippen molar-refractivity contribution in [3.05, 3.63) is 72.6 Å². The zero-order valence-corrected chi connectivity index (χ0v) is 17.2. The molecular formula is C26H23BN2O. The van der Waals surface area contributed by atoms with E-state index in [0.717, 1.165) is 33.0 Å². The summed E-state index contributed by atoms with van der Waals surface area (Å²) in [6.45, 7) is 0. The van der Waals surface area contributed by atoms with E-state index in [9.17, 15) is 0 Å². The molecule has 4 heteroatoms. The second-order valence-electron chi connectivity index (χ2n) is 8.89. The first kappa shape index (κ1) is 17.7. The first-order valence-corrected chi connectivity index (χ1v) is 10.9. The molecule has 0 aliphatic heterocycles. The minimum absolute atomic E-state index is 0.266. The smallest absolute Gasteiger partial charge is 0.227 e. The van der Waals surface area contributed by atoms with Crippen LogP contribution in [0.3, 0.4) is 0 Å². The summed E-state index contributed by atoms with van der Waals surface area (Å²) in [4.78, 5) is 9.27. The van der Waals surface area contributed by atoms with Crippen molar-refractivity contribution in [2.75, 3.05) is 0 Å². The Morgan fingerprint density at radius 3 is 2.63 bits per heavy atom. The van der Waals surface area contributed by atoms with E-state index in [2.05, 4.69) is 61.4 Å². The van der Waals surface area contributed by atoms with E-state index >= 15 is 0 Å². The lowest BCUT2D eigenvalue weighted by atomic mass is 9.57. The molecule has 0 unspecified atom stereocenters. The summed E-state index contributed by atoms with van der Waals surface area (Å²) in [5, 5.41) is 4.75. The molecule has 3 aromatic heterocycles. The highest BCUT2D eigenvalue weighted by atomic mass is 16.3. The highest BCUT2D eigenvalue weighted by Gasteiger charge is 2.29. The van der Waals surface area contributed by atoms with E-state index in [0.29, 0.717) is 5.71 Å². The van der Waals surface area contributed by atoms with Gasteiger partial charge in [-0.1, -0.05) is 56.4 Å². The third-order valence-corrected chi connectivity index (χ3v) is 6.93. The monoisotopic (exact) mass is 390 g/mol. The van der Waals surface area contributed by atoms with Crippen molar-refractivity contribution in [2.24, 2.45) is 0 Å². The first-order valence-electron chi connectivity index (χ1n) is 10.9. The number of nitrogens with zero attached hydrogens (tertiary/aromatic N) is 2. The van der Waals surface area contributed by atoms with Crippen LogP contribution in [0.4, 0.5) is 0 Å². The van der Waals surface area contributed by atoms with Crippen LogP contribution < -0.4 is 0 Å². The molecule has 0 bridgehead atoms. The van der Waals surface area contributed by atoms with Crippen LogP contribution in [0, 0.1) is 0 Å². The van der Waals surface area contributed by atoms with Crippen LogP contribution in [0.25, 0.3) is 44.1 Å². The van der Waals surface area contributed by atoms with E-state index in [1.807, 2.05) is 18.5 Å². The van der Waals surface area contributed by atoms with Crippen LogP contribution in [0.15, 0.2) is 71.4 Å². The summed E-state index contributed by atoms with van der Waals surface area (Å²) in [6.07, 6.45) is 10.4. The molecule has 1 fully saturated rings. The number of fused-ring (bicyclic) bond motifs is 5. The first-order chi connectivity index (χ1) is 14.7. The van der Waals surface area contributed by atoms with Gasteiger partial charge in [0.2, 0.25) is 5.71 Å². The number of furan rings is 1. The maximum atomic E-state index is 6.05. The summed E-state index contributed by atoms with van der Waals surface area (Å²) in [7, 11) is 2.41. The molecule has 5 aromatic rings. The predicted octanol–water partition coefficient (Wildman–Crippen LogP) is 5.99. The van der Waals surface area contributed by atoms with Crippen LogP contribution in [0.5, 0.6) is 0 Å². The number of hydrogen-bond acceptors (Lipinski definition) is 3. The van der Waals surface area contributed by atoms with Crippen LogP contribution in [-0.4, -0.2) is 17.8 Å². The zero-order chi connectivity index (χ0) is 20.1. The molecule has 0 N–H and O–H groups in total. The molecule has 0 radical (unpaired) electrons. The van der Waals surface area contributed by atoms with Gasteiger partial charge in [-0.3, -0.25) is 4.98 Å². The van der Waals surface area contributed by atoms with E-state index in [1.54, 1.807) is 0 Å². The number of benzene rings is 2. The Balaban J connectivity index is 1.53. The second-order valence-corrected chi connectivity index (χ2v) is 8.89. The molecule has 3 nitrogen and oxygen atoms in total. The molecule has 3 heterocycles. The van der Waals surface area contributed by atoms with Gasteiger partial charge in [0.25, 0.3) is 0 Å². The largest absolute Gasteiger partial charge is 0.438 e. The maximum absolute atomic E-state index is 6.05. The Morgan fingerprint density at radius 1 is 0.867 bits per heavy atom. The zero-order valence-electron chi connectivity index (χ0n) is 17.2. The van der Waals surface area contributed by atoms with Crippen molar-refractivity contribution < 1.29 is 4.42 Å². The molecule has 1 aliphatic carbocycles. The summed E-state index contributed by atoms with van der Waals surface area (Å²) in [6, 6.07) is 19.2. The molecule has 0 atom stereocenters. The lowest BCUT2D eigenvalue weighted by molar-refractivity contribution is 0.398. The van der Waals surface area contributed by atoms with Crippen molar-refractivity contribution in [3.8, 4) is 11.3 Å². The molecule has 0 spiro atoms. The van der Waals surface area contributed by atoms with E-state index in [1.165, 1.54) is 43.1 Å². The lowest BCUT2D eigenvalue weighted by Gasteiger charge is -2.34. The summed E-state index contributed by atoms with van der Waals surface area (Å²) < 4.78 is 6.05. The molecule has 0 amide bonds. The minimum Gasteiger partial charge on any atom is -0.438 e. The van der Waals surface area contributed by atoms with Gasteiger partial charge in [0.15, 0.2) is 0 Å². The van der Waals surface area contributed by atoms with Crippen molar-refractivity contribution >= 4 is 40.7 Å². The van der Waals surface area contributed by atoms with Gasteiger partial charge in [-0.05, 0) is 46.6 Å². The number of aromatic nitrogens is 2. The Kier molecular flexibility index (Phi) is 3.95. The van der Waals surface area contributed by atoms with Crippen molar-refractivity contribution in [1.82, 2.24) is 9.97 Å². The molecule has 0 saturated heterocycles. The Morgan fingerprint density at radius 2 is 1.73 bits per heavy atom. The highest BCUT2D eigenvalue weighted by Crippen LogP contribution is 2.39. The van der Waals surface area contributed by atoms with Gasteiger partial charge >= 0.3 is 0 Å². The molecule has 1 saturated carbocycles. The fraction of sp³-hybridized carbons (Fsp3) is 0.231. The topological polar surface area (TPSA) is 38.9 Å². The van der Waals surface area contributed by atoms with Gasteiger partial charge in [0, 0.05) is 28.7 Å². The number of hydrogen-bond donors (Lipinski definition) is 0. The van der Waals surface area contributed by atoms with Crippen molar-refractivity contribution in [2.45, 2.75) is 37.4 Å². The Hall–Kier alpha value is -3.14. The summed E-state index contributed by atoms with van der Waals surface area (Å²) >= 11 is 0. The molecule has 2 aromatic carbocycles. The van der Waals surface area contributed by atoms with Gasteiger partial charge in [-0.15, -0.1) is 0 Å². The Labute approximate surface area is 176 Å². The minimum atomic E-state index is 0.266. The summed E-state index contributed by atoms with van der Waals surface area (Å²) in [5.41, 5.74) is 5.13. The second kappa shape index (κ2) is 6.70. The van der Waals surface area contributed by atoms with Crippen LogP contribution in [0.2, 0.25) is 0 Å². The third kappa shape index (κ3) is 2.74. The van der Waals surface area contributed by atoms with Crippen molar-refractivity contribution in [3.63, 3.8) is 0 Å². The molecular weight excluding hydrogens is 367 g/mol. The fourth-order valence-electron chi connectivity index (χ4n) is 5.15. The van der Waals surface area contributed by atoms with Gasteiger partial charge in [-0.25, -0.2) is 4.98 Å². The average Bonchev–Trinajstić information content (AvgIpc) is 3.18. The predicted molar refractivity (Wildman–Crippen MR) is 126 cm³/mol. The normalized spacial score (nSPS) is 16.4. The fourth-order valence-corrected chi connectivity index (χ4v) is 5.15. The number of rotatable bonds is 2. The van der Waals surface area contributed by atoms with Gasteiger partial charge in [0.05, 0.1) is 11.1 Å². The van der Waals surface area contributed by atoms with Gasteiger partial charge < -0.3 is 4.42 Å². The molecule has 146 valence electrons. The van der Waals surface area contributed by atoms with Crippen LogP contribution in [-0.2, 0) is 5.31 Å². The number of pyridine rings is 2. The Bertz CT molecular complexity index is 1400. The van der Waals surface area contributed by atoms with E-state index in [4.69, 9.17) is 9.40 Å². The quantitative estimate of drug-likeness (QED) is 0.348. The van der Waals surface area contributed by atoms with Crippen molar-refractivity contribution in [1.29, 1.82) is 0 Å². The molecule has 30 heavy (non-hydrogen) atoms. The molecule has 6 rings (SSSR count). The highest BCUT2D eigenvalue weighted by molar-refractivity contribution is 6.18. The SMILES string of the molecule is BC1(c2ccnc(-c3ccc4oc5ncc6ccccc6c5c4c3)c2)CCCCC1. The van der Waals surface area contributed by atoms with Gasteiger partial charge in [-0.2, -0.15) is 0 Å². The van der Waals surface area contributed by atoms with E-state index < -0.39 is 0 Å². The third-order valence-electron chi connectivity index (χ3n) is 6.93. The maximum Gasteiger partial charge on any atom is 0.227 e. The molecule has 1 aliphatic rings. The van der Waals surface area contributed by atoms with Crippen LogP contribution in [0.1, 0.15) is 37.7 Å². The van der Waals surface area contributed by atoms with Crippen LogP contribution >= 0.6 is 0 Å². The van der Waals surface area contributed by atoms with E-state index in [-0.39, 0.29) is 5.31 Å². The summed E-state index contributed by atoms with van der Waals surface area (Å²) in [5.74, 6) is 0. The lowest BCUT2D eigenvalue weighted by Crippen LogP contribution is -2.29. The van der Waals surface area contributed by atoms with Gasteiger partial charge in [0.1, 0.15) is 13.4 Å². The standard InChI is InChI=1S/C26H23BN2O/c27-26(11-4-1-5-12-26)19-10-13-28-22(15-19)17-8-9-23-21(14-17)24-20-7-3-2-6-18(20)16-29-25(24)30-23/h2-3,6-10,13-16H,1,4-5,11-12,27H2. The average molecular weight is 390 g/mol.